The number of carbonyl (C=O) groups is 1. The van der Waals surface area contributed by atoms with Crippen molar-refractivity contribution in [1.29, 1.82) is 0 Å². The number of likely N-dealkylation sites (tertiary alicyclic amines) is 1. The van der Waals surface area contributed by atoms with E-state index in [1.165, 1.54) is 6.08 Å². The zero-order chi connectivity index (χ0) is 16.9. The number of piperidine rings is 1. The van der Waals surface area contributed by atoms with Crippen LogP contribution in [0.4, 0.5) is 0 Å². The molecule has 1 aromatic heterocycles. The molecule has 126 valence electrons. The minimum Gasteiger partial charge on any atom is -0.335 e. The summed E-state index contributed by atoms with van der Waals surface area (Å²) in [5, 5.41) is 4.96. The fourth-order valence-corrected chi connectivity index (χ4v) is 3.07. The standard InChI is InChI=1S/C15H22N4O3S/c1-12-8-13(10-17-9-12)5-6-15(20)19-7-3-2-4-14(19)11-18-23(16,21)22/h5-6,8-10,14,18H,2-4,7,11H2,1H3,(H2,16,21,22)/b6-5+. The van der Waals surface area contributed by atoms with Crippen molar-refractivity contribution in [2.45, 2.75) is 32.2 Å². The fourth-order valence-electron chi connectivity index (χ4n) is 2.65. The number of aromatic nitrogens is 1. The highest BCUT2D eigenvalue weighted by molar-refractivity contribution is 7.87. The highest BCUT2D eigenvalue weighted by atomic mass is 32.2. The van der Waals surface area contributed by atoms with Crippen LogP contribution in [-0.2, 0) is 15.0 Å². The fraction of sp³-hybridized carbons (Fsp3) is 0.467. The maximum absolute atomic E-state index is 12.4. The van der Waals surface area contributed by atoms with Crippen LogP contribution in [0, 0.1) is 6.92 Å². The molecule has 1 fully saturated rings. The van der Waals surface area contributed by atoms with Crippen LogP contribution in [-0.4, -0.2) is 43.3 Å². The Kier molecular flexibility index (Phi) is 5.86. The highest BCUT2D eigenvalue weighted by Gasteiger charge is 2.25. The maximum atomic E-state index is 12.4. The van der Waals surface area contributed by atoms with E-state index in [2.05, 4.69) is 9.71 Å². The summed E-state index contributed by atoms with van der Waals surface area (Å²) in [7, 11) is -3.75. The molecule has 0 saturated carbocycles. The molecule has 1 unspecified atom stereocenters. The van der Waals surface area contributed by atoms with Crippen LogP contribution < -0.4 is 9.86 Å². The molecule has 0 aliphatic carbocycles. The largest absolute Gasteiger partial charge is 0.335 e. The molecule has 1 saturated heterocycles. The molecule has 0 bridgehead atoms. The van der Waals surface area contributed by atoms with E-state index in [-0.39, 0.29) is 18.5 Å². The third-order valence-electron chi connectivity index (χ3n) is 3.74. The van der Waals surface area contributed by atoms with E-state index < -0.39 is 10.2 Å². The van der Waals surface area contributed by atoms with Crippen molar-refractivity contribution in [3.05, 3.63) is 35.7 Å². The zero-order valence-corrected chi connectivity index (χ0v) is 13.9. The first-order valence-electron chi connectivity index (χ1n) is 7.53. The van der Waals surface area contributed by atoms with Crippen LogP contribution in [0.1, 0.15) is 30.4 Å². The molecule has 2 rings (SSSR count). The molecular weight excluding hydrogens is 316 g/mol. The normalized spacial score (nSPS) is 19.2. The summed E-state index contributed by atoms with van der Waals surface area (Å²) in [5.74, 6) is -0.132. The number of pyridine rings is 1. The molecule has 1 amide bonds. The SMILES string of the molecule is Cc1cncc(/C=C/C(=O)N2CCCCC2CNS(N)(=O)=O)c1. The number of hydrogen-bond donors (Lipinski definition) is 2. The summed E-state index contributed by atoms with van der Waals surface area (Å²) in [4.78, 5) is 18.2. The summed E-state index contributed by atoms with van der Waals surface area (Å²) in [6, 6.07) is 1.77. The first-order valence-corrected chi connectivity index (χ1v) is 9.07. The lowest BCUT2D eigenvalue weighted by Crippen LogP contribution is -2.49. The number of nitrogens with zero attached hydrogens (tertiary/aromatic N) is 2. The molecule has 0 radical (unpaired) electrons. The number of nitrogens with one attached hydrogen (secondary N) is 1. The number of rotatable bonds is 5. The zero-order valence-electron chi connectivity index (χ0n) is 13.1. The van der Waals surface area contributed by atoms with E-state index in [1.54, 1.807) is 23.4 Å². The Labute approximate surface area is 136 Å². The van der Waals surface area contributed by atoms with Crippen molar-refractivity contribution in [1.82, 2.24) is 14.6 Å². The van der Waals surface area contributed by atoms with Crippen LogP contribution in [0.15, 0.2) is 24.5 Å². The molecule has 2 heterocycles. The second-order valence-electron chi connectivity index (χ2n) is 5.70. The van der Waals surface area contributed by atoms with Gasteiger partial charge in [-0.25, -0.2) is 9.86 Å². The predicted octanol–water partition coefficient (Wildman–Crippen LogP) is 0.577. The molecule has 7 nitrogen and oxygen atoms in total. The summed E-state index contributed by atoms with van der Waals surface area (Å²) in [6.07, 6.45) is 9.30. The van der Waals surface area contributed by atoms with Crippen molar-refractivity contribution in [3.63, 3.8) is 0 Å². The van der Waals surface area contributed by atoms with E-state index >= 15 is 0 Å². The Bertz CT molecular complexity index is 688. The summed E-state index contributed by atoms with van der Waals surface area (Å²) in [6.45, 7) is 2.70. The Hall–Kier alpha value is -1.77. The number of amides is 1. The summed E-state index contributed by atoms with van der Waals surface area (Å²) in [5.41, 5.74) is 1.88. The first kappa shape index (κ1) is 17.6. The Morgan fingerprint density at radius 1 is 1.48 bits per heavy atom. The van der Waals surface area contributed by atoms with Gasteiger partial charge in [-0.1, -0.05) is 0 Å². The van der Waals surface area contributed by atoms with E-state index in [4.69, 9.17) is 5.14 Å². The lowest BCUT2D eigenvalue weighted by molar-refractivity contribution is -0.129. The average Bonchev–Trinajstić information content (AvgIpc) is 2.50. The molecule has 1 atom stereocenters. The number of hydrogen-bond acceptors (Lipinski definition) is 4. The molecule has 1 aliphatic rings. The van der Waals surface area contributed by atoms with Crippen molar-refractivity contribution in [3.8, 4) is 0 Å². The maximum Gasteiger partial charge on any atom is 0.274 e. The van der Waals surface area contributed by atoms with E-state index in [0.717, 1.165) is 30.4 Å². The molecule has 1 aromatic rings. The lowest BCUT2D eigenvalue weighted by Gasteiger charge is -2.35. The van der Waals surface area contributed by atoms with Gasteiger partial charge in [0.2, 0.25) is 5.91 Å². The van der Waals surface area contributed by atoms with E-state index in [1.807, 2.05) is 13.0 Å². The number of carbonyl (C=O) groups excluding carboxylic acids is 1. The second-order valence-corrected chi connectivity index (χ2v) is 7.08. The van der Waals surface area contributed by atoms with Gasteiger partial charge in [-0.3, -0.25) is 9.78 Å². The van der Waals surface area contributed by atoms with Gasteiger partial charge in [0, 0.05) is 37.6 Å². The van der Waals surface area contributed by atoms with Crippen molar-refractivity contribution < 1.29 is 13.2 Å². The van der Waals surface area contributed by atoms with Gasteiger partial charge in [0.25, 0.3) is 10.2 Å². The number of nitrogens with two attached hydrogens (primary N) is 1. The summed E-state index contributed by atoms with van der Waals surface area (Å²) >= 11 is 0. The molecule has 23 heavy (non-hydrogen) atoms. The van der Waals surface area contributed by atoms with E-state index in [9.17, 15) is 13.2 Å². The lowest BCUT2D eigenvalue weighted by atomic mass is 10.0. The van der Waals surface area contributed by atoms with Gasteiger partial charge in [-0.15, -0.1) is 0 Å². The second kappa shape index (κ2) is 7.67. The number of aryl methyl sites for hydroxylation is 1. The topological polar surface area (TPSA) is 105 Å². The smallest absolute Gasteiger partial charge is 0.274 e. The summed E-state index contributed by atoms with van der Waals surface area (Å²) < 4.78 is 24.4. The van der Waals surface area contributed by atoms with Gasteiger partial charge < -0.3 is 4.90 Å². The van der Waals surface area contributed by atoms with Gasteiger partial charge in [-0.2, -0.15) is 8.42 Å². The minimum atomic E-state index is -3.75. The van der Waals surface area contributed by atoms with Crippen molar-refractivity contribution in [2.75, 3.05) is 13.1 Å². The quantitative estimate of drug-likeness (QED) is 0.766. The van der Waals surface area contributed by atoms with Crippen LogP contribution in [0.3, 0.4) is 0 Å². The molecule has 8 heteroatoms. The molecular formula is C15H22N4O3S. The van der Waals surface area contributed by atoms with Crippen molar-refractivity contribution >= 4 is 22.2 Å². The van der Waals surface area contributed by atoms with Crippen LogP contribution in [0.2, 0.25) is 0 Å². The Morgan fingerprint density at radius 2 is 2.26 bits per heavy atom. The molecule has 0 aromatic carbocycles. The van der Waals surface area contributed by atoms with E-state index in [0.29, 0.717) is 6.54 Å². The van der Waals surface area contributed by atoms with Crippen LogP contribution >= 0.6 is 0 Å². The van der Waals surface area contributed by atoms with Gasteiger partial charge in [0.05, 0.1) is 0 Å². The van der Waals surface area contributed by atoms with Gasteiger partial charge >= 0.3 is 0 Å². The first-order chi connectivity index (χ1) is 10.8. The van der Waals surface area contributed by atoms with Crippen molar-refractivity contribution in [2.24, 2.45) is 5.14 Å². The molecule has 0 spiro atoms. The monoisotopic (exact) mass is 338 g/mol. The van der Waals surface area contributed by atoms with Crippen LogP contribution in [0.5, 0.6) is 0 Å². The average molecular weight is 338 g/mol. The Balaban J connectivity index is 2.03. The Morgan fingerprint density at radius 3 is 2.96 bits per heavy atom. The van der Waals surface area contributed by atoms with Gasteiger partial charge in [0.1, 0.15) is 0 Å². The predicted molar refractivity (Wildman–Crippen MR) is 88.5 cm³/mol. The van der Waals surface area contributed by atoms with Crippen LogP contribution in [0.25, 0.3) is 6.08 Å². The minimum absolute atomic E-state index is 0.132. The van der Waals surface area contributed by atoms with Gasteiger partial charge in [-0.05, 0) is 49.5 Å². The highest BCUT2D eigenvalue weighted by Crippen LogP contribution is 2.17. The molecule has 3 N–H and O–H groups in total. The third kappa shape index (κ3) is 5.74. The third-order valence-corrected chi connectivity index (χ3v) is 4.31. The molecule has 1 aliphatic heterocycles. The van der Waals surface area contributed by atoms with Gasteiger partial charge in [0.15, 0.2) is 0 Å².